The van der Waals surface area contributed by atoms with Crippen molar-refractivity contribution < 1.29 is 12.8 Å². The Morgan fingerprint density at radius 2 is 1.96 bits per heavy atom. The van der Waals surface area contributed by atoms with Gasteiger partial charge in [0.25, 0.3) is 0 Å². The molecule has 0 amide bonds. The minimum atomic E-state index is -3.30. The number of sulfonamides is 1. The van der Waals surface area contributed by atoms with Gasteiger partial charge in [0, 0.05) is 11.1 Å². The van der Waals surface area contributed by atoms with Crippen LogP contribution < -0.4 is 10.0 Å². The van der Waals surface area contributed by atoms with Crippen molar-refractivity contribution in [2.75, 3.05) is 17.8 Å². The van der Waals surface area contributed by atoms with Crippen molar-refractivity contribution in [3.8, 4) is 0 Å². The maximum Gasteiger partial charge on any atom is 0.235 e. The zero-order valence-corrected chi connectivity index (χ0v) is 14.6. The fourth-order valence-corrected chi connectivity index (χ4v) is 5.71. The highest BCUT2D eigenvalue weighted by Gasteiger charge is 2.66. The second-order valence-electron chi connectivity index (χ2n) is 6.81. The molecular weight excluding hydrogens is 339 g/mol. The van der Waals surface area contributed by atoms with Gasteiger partial charge in [-0.3, -0.25) is 4.72 Å². The van der Waals surface area contributed by atoms with E-state index in [9.17, 15) is 12.8 Å². The van der Waals surface area contributed by atoms with Gasteiger partial charge in [-0.15, -0.1) is 12.4 Å². The standard InChI is InChI=1S/C16H21FN2O2S.ClH/c1-2-16(13-8-18-9-14(13)16)12-7-10(3-6-15(12)17)19-22(20,21)11-4-5-11;/h3,6-7,11,13-14,18-19H,2,4-5,8-9H2,1H3;1H/t13-,14+,16?;. The van der Waals surface area contributed by atoms with Crippen LogP contribution in [0.1, 0.15) is 31.7 Å². The summed E-state index contributed by atoms with van der Waals surface area (Å²) in [5.74, 6) is 0.732. The van der Waals surface area contributed by atoms with Gasteiger partial charge in [-0.25, -0.2) is 12.8 Å². The van der Waals surface area contributed by atoms with Crippen molar-refractivity contribution >= 4 is 28.1 Å². The van der Waals surface area contributed by atoms with Crippen LogP contribution in [0.4, 0.5) is 10.1 Å². The van der Waals surface area contributed by atoms with Crippen LogP contribution in [0, 0.1) is 17.7 Å². The molecule has 1 saturated heterocycles. The fraction of sp³-hybridized carbons (Fsp3) is 0.625. The Balaban J connectivity index is 0.00000156. The summed E-state index contributed by atoms with van der Waals surface area (Å²) in [4.78, 5) is 0. The lowest BCUT2D eigenvalue weighted by Gasteiger charge is -2.22. The van der Waals surface area contributed by atoms with Gasteiger partial charge in [0.2, 0.25) is 10.0 Å². The highest BCUT2D eigenvalue weighted by atomic mass is 35.5. The molecule has 2 N–H and O–H groups in total. The molecule has 3 fully saturated rings. The summed E-state index contributed by atoms with van der Waals surface area (Å²) in [6.07, 6.45) is 2.33. The molecule has 2 saturated carbocycles. The van der Waals surface area contributed by atoms with Crippen molar-refractivity contribution in [3.63, 3.8) is 0 Å². The molecule has 1 heterocycles. The smallest absolute Gasteiger partial charge is 0.235 e. The quantitative estimate of drug-likeness (QED) is 0.848. The van der Waals surface area contributed by atoms with E-state index in [1.54, 1.807) is 6.07 Å². The van der Waals surface area contributed by atoms with Crippen molar-refractivity contribution in [2.24, 2.45) is 11.8 Å². The van der Waals surface area contributed by atoms with Gasteiger partial charge in [0.1, 0.15) is 5.82 Å². The molecule has 4 rings (SSSR count). The summed E-state index contributed by atoms with van der Waals surface area (Å²) in [5, 5.41) is 3.07. The molecule has 1 aromatic carbocycles. The zero-order valence-electron chi connectivity index (χ0n) is 13.0. The van der Waals surface area contributed by atoms with E-state index in [1.165, 1.54) is 12.1 Å². The average Bonchev–Trinajstić information content (AvgIpc) is 3.38. The van der Waals surface area contributed by atoms with Crippen molar-refractivity contribution in [2.45, 2.75) is 36.9 Å². The summed E-state index contributed by atoms with van der Waals surface area (Å²) in [5.41, 5.74) is 1.06. The monoisotopic (exact) mass is 360 g/mol. The number of hydrogen-bond donors (Lipinski definition) is 2. The van der Waals surface area contributed by atoms with Crippen LogP contribution in [0.5, 0.6) is 0 Å². The van der Waals surface area contributed by atoms with Crippen LogP contribution in [-0.4, -0.2) is 26.8 Å². The summed E-state index contributed by atoms with van der Waals surface area (Å²) in [6.45, 7) is 3.95. The van der Waals surface area contributed by atoms with E-state index < -0.39 is 10.0 Å². The van der Waals surface area contributed by atoms with Gasteiger partial charge in [0.15, 0.2) is 0 Å². The number of halogens is 2. The first-order valence-corrected chi connectivity index (χ1v) is 9.56. The molecular formula is C16H22ClFN2O2S. The van der Waals surface area contributed by atoms with E-state index in [-0.39, 0.29) is 28.9 Å². The van der Waals surface area contributed by atoms with E-state index >= 15 is 0 Å². The molecule has 2 aliphatic carbocycles. The van der Waals surface area contributed by atoms with Gasteiger partial charge in [-0.2, -0.15) is 0 Å². The zero-order chi connectivity index (χ0) is 15.5. The highest BCUT2D eigenvalue weighted by Crippen LogP contribution is 2.64. The Hall–Kier alpha value is -0.850. The molecule has 1 aromatic rings. The molecule has 3 aliphatic rings. The minimum absolute atomic E-state index is 0. The fourth-order valence-electron chi connectivity index (χ4n) is 4.33. The highest BCUT2D eigenvalue weighted by molar-refractivity contribution is 7.93. The molecule has 0 radical (unpaired) electrons. The Labute approximate surface area is 142 Å². The molecule has 23 heavy (non-hydrogen) atoms. The lowest BCUT2D eigenvalue weighted by Crippen LogP contribution is -2.26. The van der Waals surface area contributed by atoms with E-state index in [4.69, 9.17) is 0 Å². The Morgan fingerprint density at radius 3 is 2.52 bits per heavy atom. The van der Waals surface area contributed by atoms with Gasteiger partial charge in [-0.1, -0.05) is 6.92 Å². The van der Waals surface area contributed by atoms with Gasteiger partial charge in [0.05, 0.1) is 5.25 Å². The summed E-state index contributed by atoms with van der Waals surface area (Å²) >= 11 is 0. The third-order valence-corrected chi connectivity index (χ3v) is 7.57. The largest absolute Gasteiger partial charge is 0.316 e. The van der Waals surface area contributed by atoms with E-state index in [0.29, 0.717) is 23.1 Å². The second-order valence-corrected chi connectivity index (χ2v) is 8.77. The second kappa shape index (κ2) is 5.60. The Kier molecular flexibility index (Phi) is 4.14. The third-order valence-electron chi connectivity index (χ3n) is 5.70. The first kappa shape index (κ1) is 17.0. The Morgan fingerprint density at radius 1 is 1.30 bits per heavy atom. The number of fused-ring (bicyclic) bond motifs is 1. The average molecular weight is 361 g/mol. The van der Waals surface area contributed by atoms with Crippen LogP contribution in [0.2, 0.25) is 0 Å². The molecule has 0 spiro atoms. The first-order chi connectivity index (χ1) is 10.5. The summed E-state index contributed by atoms with van der Waals surface area (Å²) in [7, 11) is -3.30. The molecule has 1 unspecified atom stereocenters. The lowest BCUT2D eigenvalue weighted by molar-refractivity contribution is 0.473. The van der Waals surface area contributed by atoms with Crippen LogP contribution in [0.3, 0.4) is 0 Å². The molecule has 1 aliphatic heterocycles. The van der Waals surface area contributed by atoms with Crippen molar-refractivity contribution in [1.82, 2.24) is 5.32 Å². The molecule has 3 atom stereocenters. The van der Waals surface area contributed by atoms with E-state index in [1.807, 2.05) is 0 Å². The Bertz CT molecular complexity index is 711. The van der Waals surface area contributed by atoms with E-state index in [2.05, 4.69) is 17.0 Å². The van der Waals surface area contributed by atoms with Crippen LogP contribution >= 0.6 is 12.4 Å². The van der Waals surface area contributed by atoms with Crippen molar-refractivity contribution in [1.29, 1.82) is 0 Å². The normalized spacial score (nSPS) is 32.1. The maximum atomic E-state index is 14.4. The van der Waals surface area contributed by atoms with Gasteiger partial charge in [-0.05, 0) is 68.0 Å². The predicted octanol–water partition coefficient (Wildman–Crippen LogP) is 2.65. The first-order valence-electron chi connectivity index (χ1n) is 8.01. The van der Waals surface area contributed by atoms with Crippen LogP contribution in [0.15, 0.2) is 18.2 Å². The third kappa shape index (κ3) is 2.55. The molecule has 4 nitrogen and oxygen atoms in total. The lowest BCUT2D eigenvalue weighted by atomic mass is 9.87. The SMILES string of the molecule is CCC1(c2cc(NS(=O)(=O)C3CC3)ccc2F)[C@@H]2CNC[C@@H]21.Cl. The van der Waals surface area contributed by atoms with Crippen molar-refractivity contribution in [3.05, 3.63) is 29.6 Å². The topological polar surface area (TPSA) is 58.2 Å². The minimum Gasteiger partial charge on any atom is -0.316 e. The number of rotatable bonds is 5. The number of nitrogens with one attached hydrogen (secondary N) is 2. The summed E-state index contributed by atoms with van der Waals surface area (Å²) < 4.78 is 41.2. The number of piperidine rings is 1. The molecule has 7 heteroatoms. The molecule has 0 aromatic heterocycles. The van der Waals surface area contributed by atoms with Crippen LogP contribution in [0.25, 0.3) is 0 Å². The number of hydrogen-bond acceptors (Lipinski definition) is 3. The number of benzene rings is 1. The summed E-state index contributed by atoms with van der Waals surface area (Å²) in [6, 6.07) is 4.65. The molecule has 0 bridgehead atoms. The maximum absolute atomic E-state index is 14.4. The van der Waals surface area contributed by atoms with Gasteiger partial charge < -0.3 is 5.32 Å². The van der Waals surface area contributed by atoms with E-state index in [0.717, 1.165) is 32.4 Å². The number of anilines is 1. The van der Waals surface area contributed by atoms with Gasteiger partial charge >= 0.3 is 0 Å². The predicted molar refractivity (Wildman–Crippen MR) is 91.0 cm³/mol. The van der Waals surface area contributed by atoms with Crippen LogP contribution in [-0.2, 0) is 15.4 Å². The molecule has 128 valence electrons.